The molecule has 0 radical (unpaired) electrons. The van der Waals surface area contributed by atoms with E-state index in [9.17, 15) is 4.79 Å². The largest absolute Gasteiger partial charge is 0.499 e. The molecule has 108 valence electrons. The molecule has 20 heavy (non-hydrogen) atoms. The molecular formula is C15H21N3O2. The van der Waals surface area contributed by atoms with E-state index in [-0.39, 0.29) is 5.91 Å². The molecule has 1 heterocycles. The highest BCUT2D eigenvalue weighted by Gasteiger charge is 1.96. The Hall–Kier alpha value is -2.30. The summed E-state index contributed by atoms with van der Waals surface area (Å²) in [5.74, 6) is 1.09. The number of nitrogen functional groups attached to an aromatic ring is 1. The molecule has 0 aliphatic rings. The van der Waals surface area contributed by atoms with Crippen LogP contribution in [0.25, 0.3) is 6.08 Å². The molecule has 0 bridgehead atoms. The van der Waals surface area contributed by atoms with Gasteiger partial charge in [-0.1, -0.05) is 13.5 Å². The third-order valence-corrected chi connectivity index (χ3v) is 2.56. The van der Waals surface area contributed by atoms with Gasteiger partial charge in [0.05, 0.1) is 12.4 Å². The number of ether oxygens (including phenoxy) is 1. The molecule has 0 saturated heterocycles. The fraction of sp³-hybridized carbons (Fsp3) is 0.333. The van der Waals surface area contributed by atoms with Gasteiger partial charge in [-0.05, 0) is 30.2 Å². The molecule has 0 fully saturated rings. The summed E-state index contributed by atoms with van der Waals surface area (Å²) in [6.45, 7) is 6.86. The summed E-state index contributed by atoms with van der Waals surface area (Å²) < 4.78 is 5.33. The summed E-state index contributed by atoms with van der Waals surface area (Å²) in [5.41, 5.74) is 6.31. The summed E-state index contributed by atoms with van der Waals surface area (Å²) in [6, 6.07) is 3.49. The van der Waals surface area contributed by atoms with E-state index in [1.165, 1.54) is 6.08 Å². The quantitative estimate of drug-likeness (QED) is 0.433. The topological polar surface area (TPSA) is 77.2 Å². The molecule has 0 unspecified atom stereocenters. The maximum absolute atomic E-state index is 11.5. The van der Waals surface area contributed by atoms with E-state index in [1.54, 1.807) is 24.4 Å². The van der Waals surface area contributed by atoms with Crippen LogP contribution in [-0.4, -0.2) is 24.0 Å². The summed E-state index contributed by atoms with van der Waals surface area (Å²) in [7, 11) is 0. The van der Waals surface area contributed by atoms with Crippen molar-refractivity contribution in [1.82, 2.24) is 10.3 Å². The molecule has 0 spiro atoms. The molecule has 0 aliphatic carbocycles. The van der Waals surface area contributed by atoms with Crippen molar-refractivity contribution in [2.75, 3.05) is 18.9 Å². The van der Waals surface area contributed by atoms with Crippen molar-refractivity contribution in [2.45, 2.75) is 19.8 Å². The predicted molar refractivity (Wildman–Crippen MR) is 80.7 cm³/mol. The average Bonchev–Trinajstić information content (AvgIpc) is 2.46. The van der Waals surface area contributed by atoms with Crippen molar-refractivity contribution in [3.63, 3.8) is 0 Å². The number of hydrogen-bond donors (Lipinski definition) is 2. The first-order valence-corrected chi connectivity index (χ1v) is 6.60. The van der Waals surface area contributed by atoms with E-state index >= 15 is 0 Å². The highest BCUT2D eigenvalue weighted by Crippen LogP contribution is 2.03. The van der Waals surface area contributed by atoms with Crippen LogP contribution in [0.15, 0.2) is 36.7 Å². The van der Waals surface area contributed by atoms with Crippen LogP contribution in [0.3, 0.4) is 0 Å². The number of carbonyl (C=O) groups is 1. The maximum Gasteiger partial charge on any atom is 0.244 e. The van der Waals surface area contributed by atoms with Crippen LogP contribution in [0, 0.1) is 0 Å². The minimum atomic E-state index is -0.142. The van der Waals surface area contributed by atoms with Gasteiger partial charge < -0.3 is 15.8 Å². The van der Waals surface area contributed by atoms with Crippen molar-refractivity contribution < 1.29 is 9.53 Å². The molecule has 1 rings (SSSR count). The van der Waals surface area contributed by atoms with Crippen LogP contribution in [0.5, 0.6) is 0 Å². The van der Waals surface area contributed by atoms with Crippen molar-refractivity contribution in [3.05, 3.63) is 42.3 Å². The molecule has 1 amide bonds. The lowest BCUT2D eigenvalue weighted by Gasteiger charge is -2.06. The van der Waals surface area contributed by atoms with Crippen molar-refractivity contribution >= 4 is 17.8 Å². The Morgan fingerprint density at radius 3 is 3.00 bits per heavy atom. The molecule has 1 aromatic rings. The smallest absolute Gasteiger partial charge is 0.244 e. The van der Waals surface area contributed by atoms with E-state index in [1.807, 2.05) is 6.92 Å². The SMILES string of the molecule is C=C(CC)OCCCNC(=O)/C=C/c1ccc(N)nc1. The monoisotopic (exact) mass is 275 g/mol. The lowest BCUT2D eigenvalue weighted by atomic mass is 10.2. The minimum absolute atomic E-state index is 0.142. The number of carbonyl (C=O) groups excluding carboxylic acids is 1. The summed E-state index contributed by atoms with van der Waals surface area (Å²) in [5, 5.41) is 2.78. The van der Waals surface area contributed by atoms with Crippen LogP contribution in [0.4, 0.5) is 5.82 Å². The Kier molecular flexibility index (Phi) is 6.89. The second-order valence-corrected chi connectivity index (χ2v) is 4.24. The van der Waals surface area contributed by atoms with Crippen molar-refractivity contribution in [1.29, 1.82) is 0 Å². The molecule has 0 atom stereocenters. The lowest BCUT2D eigenvalue weighted by molar-refractivity contribution is -0.116. The van der Waals surface area contributed by atoms with E-state index in [2.05, 4.69) is 16.9 Å². The predicted octanol–water partition coefficient (Wildman–Crippen LogP) is 2.12. The molecule has 3 N–H and O–H groups in total. The first-order chi connectivity index (χ1) is 9.61. The first kappa shape index (κ1) is 15.8. The number of pyridine rings is 1. The number of allylic oxidation sites excluding steroid dienone is 1. The first-order valence-electron chi connectivity index (χ1n) is 6.60. The number of amides is 1. The zero-order valence-corrected chi connectivity index (χ0v) is 11.8. The van der Waals surface area contributed by atoms with Gasteiger partial charge in [0.15, 0.2) is 0 Å². The van der Waals surface area contributed by atoms with Crippen LogP contribution in [0.1, 0.15) is 25.3 Å². The van der Waals surface area contributed by atoms with Gasteiger partial charge in [0.2, 0.25) is 5.91 Å². The third kappa shape index (κ3) is 6.58. The Morgan fingerprint density at radius 2 is 2.35 bits per heavy atom. The molecule has 0 saturated carbocycles. The number of nitrogens with one attached hydrogen (secondary N) is 1. The average molecular weight is 275 g/mol. The standard InChI is InChI=1S/C15H21N3O2/c1-3-12(2)20-10-4-9-17-15(19)8-6-13-5-7-14(16)18-11-13/h5-8,11H,2-4,9-10H2,1H3,(H2,16,18)(H,17,19)/b8-6+. The van der Waals surface area contributed by atoms with Gasteiger partial charge in [-0.2, -0.15) is 0 Å². The maximum atomic E-state index is 11.5. The Labute approximate surface area is 119 Å². The molecule has 5 nitrogen and oxygen atoms in total. The zero-order valence-electron chi connectivity index (χ0n) is 11.8. The number of rotatable bonds is 8. The highest BCUT2D eigenvalue weighted by atomic mass is 16.5. The summed E-state index contributed by atoms with van der Waals surface area (Å²) in [4.78, 5) is 15.5. The van der Waals surface area contributed by atoms with Gasteiger partial charge in [-0.25, -0.2) is 4.98 Å². The minimum Gasteiger partial charge on any atom is -0.499 e. The molecular weight excluding hydrogens is 254 g/mol. The van der Waals surface area contributed by atoms with E-state index in [4.69, 9.17) is 10.5 Å². The van der Waals surface area contributed by atoms with Crippen LogP contribution in [-0.2, 0) is 9.53 Å². The van der Waals surface area contributed by atoms with Crippen LogP contribution < -0.4 is 11.1 Å². The second-order valence-electron chi connectivity index (χ2n) is 4.24. The molecule has 1 aromatic heterocycles. The van der Waals surface area contributed by atoms with Crippen LogP contribution >= 0.6 is 0 Å². The summed E-state index contributed by atoms with van der Waals surface area (Å²) in [6.07, 6.45) is 6.34. The van der Waals surface area contributed by atoms with Crippen molar-refractivity contribution in [2.24, 2.45) is 0 Å². The summed E-state index contributed by atoms with van der Waals surface area (Å²) >= 11 is 0. The van der Waals surface area contributed by atoms with Gasteiger partial charge in [0, 0.05) is 25.2 Å². The fourth-order valence-corrected chi connectivity index (χ4v) is 1.35. The number of aromatic nitrogens is 1. The Bertz CT molecular complexity index is 467. The van der Waals surface area contributed by atoms with Gasteiger partial charge in [0.25, 0.3) is 0 Å². The highest BCUT2D eigenvalue weighted by molar-refractivity contribution is 5.91. The van der Waals surface area contributed by atoms with E-state index < -0.39 is 0 Å². The number of nitrogens with two attached hydrogens (primary N) is 1. The number of hydrogen-bond acceptors (Lipinski definition) is 4. The second kappa shape index (κ2) is 8.74. The number of nitrogens with zero attached hydrogens (tertiary/aromatic N) is 1. The van der Waals surface area contributed by atoms with Crippen molar-refractivity contribution in [3.8, 4) is 0 Å². The lowest BCUT2D eigenvalue weighted by Crippen LogP contribution is -2.23. The zero-order chi connectivity index (χ0) is 14.8. The third-order valence-electron chi connectivity index (χ3n) is 2.56. The van der Waals surface area contributed by atoms with E-state index in [0.29, 0.717) is 19.0 Å². The van der Waals surface area contributed by atoms with Gasteiger partial charge >= 0.3 is 0 Å². The van der Waals surface area contributed by atoms with Crippen LogP contribution in [0.2, 0.25) is 0 Å². The fourth-order valence-electron chi connectivity index (χ4n) is 1.35. The Balaban J connectivity index is 2.20. The normalized spacial score (nSPS) is 10.4. The Morgan fingerprint density at radius 1 is 1.55 bits per heavy atom. The molecule has 5 heteroatoms. The van der Waals surface area contributed by atoms with Gasteiger partial charge in [0.1, 0.15) is 5.82 Å². The van der Waals surface area contributed by atoms with E-state index in [0.717, 1.165) is 24.2 Å². The molecule has 0 aliphatic heterocycles. The van der Waals surface area contributed by atoms with Gasteiger partial charge in [-0.15, -0.1) is 0 Å². The molecule has 0 aromatic carbocycles. The number of anilines is 1. The van der Waals surface area contributed by atoms with Gasteiger partial charge in [-0.3, -0.25) is 4.79 Å².